The van der Waals surface area contributed by atoms with Crippen LogP contribution in [0.25, 0.3) is 5.69 Å². The first kappa shape index (κ1) is 13.0. The summed E-state index contributed by atoms with van der Waals surface area (Å²) in [7, 11) is 0. The van der Waals surface area contributed by atoms with Crippen LogP contribution in [0.15, 0.2) is 24.3 Å². The minimum absolute atomic E-state index is 0.00925. The van der Waals surface area contributed by atoms with Gasteiger partial charge in [-0.25, -0.2) is 0 Å². The second kappa shape index (κ2) is 5.94. The molecule has 7 nitrogen and oxygen atoms in total. The molecule has 1 heterocycles. The summed E-state index contributed by atoms with van der Waals surface area (Å²) in [5.74, 6) is 0.253. The number of carboxylic acids is 1. The van der Waals surface area contributed by atoms with Crippen LogP contribution in [-0.4, -0.2) is 37.9 Å². The summed E-state index contributed by atoms with van der Waals surface area (Å²) in [6.45, 7) is 2.49. The van der Waals surface area contributed by atoms with Crippen molar-refractivity contribution in [1.29, 1.82) is 0 Å². The van der Waals surface area contributed by atoms with Gasteiger partial charge in [0.1, 0.15) is 5.75 Å². The molecule has 0 bridgehead atoms. The Morgan fingerprint density at radius 2 is 2.32 bits per heavy atom. The molecule has 0 atom stereocenters. The lowest BCUT2D eigenvalue weighted by Crippen LogP contribution is -2.02. The maximum atomic E-state index is 10.5. The summed E-state index contributed by atoms with van der Waals surface area (Å²) in [6, 6.07) is 7.30. The van der Waals surface area contributed by atoms with Gasteiger partial charge in [-0.1, -0.05) is 6.07 Å². The second-order valence-corrected chi connectivity index (χ2v) is 3.82. The smallest absolute Gasteiger partial charge is 0.303 e. The van der Waals surface area contributed by atoms with Gasteiger partial charge in [0.05, 0.1) is 18.7 Å². The number of rotatable bonds is 6. The molecule has 0 saturated carbocycles. The number of carbonyl (C=O) groups is 1. The number of tetrazole rings is 1. The number of aryl methyl sites for hydroxylation is 1. The average molecular weight is 262 g/mol. The summed E-state index contributed by atoms with van der Waals surface area (Å²) in [6.07, 6.45) is 0.255. The minimum Gasteiger partial charge on any atom is -0.494 e. The Hall–Kier alpha value is -2.44. The summed E-state index contributed by atoms with van der Waals surface area (Å²) in [5, 5.41) is 20.4. The number of ether oxygens (including phenoxy) is 1. The molecule has 0 unspecified atom stereocenters. The van der Waals surface area contributed by atoms with Crippen LogP contribution in [0.2, 0.25) is 0 Å². The van der Waals surface area contributed by atoms with Gasteiger partial charge < -0.3 is 9.84 Å². The van der Waals surface area contributed by atoms with Gasteiger partial charge in [0.2, 0.25) is 0 Å². The number of hydrogen-bond acceptors (Lipinski definition) is 5. The first-order valence-corrected chi connectivity index (χ1v) is 5.93. The first-order chi connectivity index (χ1) is 9.19. The van der Waals surface area contributed by atoms with E-state index in [9.17, 15) is 4.79 Å². The van der Waals surface area contributed by atoms with E-state index in [4.69, 9.17) is 9.84 Å². The molecule has 0 spiro atoms. The topological polar surface area (TPSA) is 90.1 Å². The zero-order chi connectivity index (χ0) is 13.7. The molecule has 19 heavy (non-hydrogen) atoms. The van der Waals surface area contributed by atoms with Gasteiger partial charge >= 0.3 is 5.97 Å². The fraction of sp³-hybridized carbons (Fsp3) is 0.333. The lowest BCUT2D eigenvalue weighted by atomic mass is 10.3. The van der Waals surface area contributed by atoms with Crippen LogP contribution < -0.4 is 4.74 Å². The zero-order valence-corrected chi connectivity index (χ0v) is 10.5. The molecule has 100 valence electrons. The molecule has 0 radical (unpaired) electrons. The maximum Gasteiger partial charge on any atom is 0.303 e. The van der Waals surface area contributed by atoms with E-state index in [1.54, 1.807) is 6.07 Å². The van der Waals surface area contributed by atoms with Crippen molar-refractivity contribution in [2.24, 2.45) is 0 Å². The van der Waals surface area contributed by atoms with Crippen molar-refractivity contribution in [3.63, 3.8) is 0 Å². The highest BCUT2D eigenvalue weighted by atomic mass is 16.5. The van der Waals surface area contributed by atoms with Crippen molar-refractivity contribution in [2.45, 2.75) is 19.8 Å². The van der Waals surface area contributed by atoms with Gasteiger partial charge in [0.15, 0.2) is 5.82 Å². The van der Waals surface area contributed by atoms with Crippen molar-refractivity contribution in [2.75, 3.05) is 6.61 Å². The summed E-state index contributed by atoms with van der Waals surface area (Å²) in [5.41, 5.74) is 0.722. The van der Waals surface area contributed by atoms with Crippen LogP contribution in [0.3, 0.4) is 0 Å². The van der Waals surface area contributed by atoms with Gasteiger partial charge in [0, 0.05) is 12.5 Å². The van der Waals surface area contributed by atoms with Crippen LogP contribution in [0.5, 0.6) is 5.75 Å². The van der Waals surface area contributed by atoms with Crippen molar-refractivity contribution in [1.82, 2.24) is 20.2 Å². The van der Waals surface area contributed by atoms with E-state index in [-0.39, 0.29) is 12.8 Å². The second-order valence-electron chi connectivity index (χ2n) is 3.82. The molecule has 1 aromatic carbocycles. The molecular formula is C12H14N4O3. The lowest BCUT2D eigenvalue weighted by Gasteiger charge is -2.04. The van der Waals surface area contributed by atoms with Gasteiger partial charge in [-0.05, 0) is 24.3 Å². The van der Waals surface area contributed by atoms with Crippen molar-refractivity contribution < 1.29 is 14.6 Å². The number of aliphatic carboxylic acids is 1. The van der Waals surface area contributed by atoms with Gasteiger partial charge in [0.25, 0.3) is 0 Å². The van der Waals surface area contributed by atoms with Crippen LogP contribution in [0, 0.1) is 0 Å². The number of hydrogen-bond donors (Lipinski definition) is 1. The van der Waals surface area contributed by atoms with E-state index in [1.807, 2.05) is 25.1 Å². The Kier molecular flexibility index (Phi) is 4.07. The number of benzene rings is 1. The predicted molar refractivity (Wildman–Crippen MR) is 66.3 cm³/mol. The van der Waals surface area contributed by atoms with Crippen molar-refractivity contribution >= 4 is 5.97 Å². The van der Waals surface area contributed by atoms with E-state index in [0.29, 0.717) is 12.4 Å². The Balaban J connectivity index is 2.13. The predicted octanol–water partition coefficient (Wildman–Crippen LogP) is 1.08. The fourth-order valence-corrected chi connectivity index (χ4v) is 1.54. The maximum absolute atomic E-state index is 10.5. The molecule has 0 aliphatic heterocycles. The number of aromatic nitrogens is 4. The SMILES string of the molecule is CCOc1cccc(-n2nnc(CCC(=O)O)n2)c1. The largest absolute Gasteiger partial charge is 0.494 e. The Morgan fingerprint density at radius 3 is 3.05 bits per heavy atom. The summed E-state index contributed by atoms with van der Waals surface area (Å²) in [4.78, 5) is 11.8. The molecule has 0 saturated heterocycles. The third kappa shape index (κ3) is 3.51. The van der Waals surface area contributed by atoms with E-state index in [0.717, 1.165) is 11.4 Å². The van der Waals surface area contributed by atoms with Crippen molar-refractivity contribution in [3.8, 4) is 11.4 Å². The minimum atomic E-state index is -0.880. The lowest BCUT2D eigenvalue weighted by molar-refractivity contribution is -0.137. The molecule has 0 fully saturated rings. The third-order valence-electron chi connectivity index (χ3n) is 2.38. The first-order valence-electron chi connectivity index (χ1n) is 5.93. The number of carboxylic acid groups (broad SMARTS) is 1. The molecule has 0 aliphatic rings. The molecular weight excluding hydrogens is 248 g/mol. The highest BCUT2D eigenvalue weighted by molar-refractivity contribution is 5.66. The quantitative estimate of drug-likeness (QED) is 0.837. The molecule has 0 aliphatic carbocycles. The van der Waals surface area contributed by atoms with Crippen LogP contribution >= 0.6 is 0 Å². The third-order valence-corrected chi connectivity index (χ3v) is 2.38. The standard InChI is InChI=1S/C12H14N4O3/c1-2-19-10-5-3-4-9(8-10)16-14-11(13-15-16)6-7-12(17)18/h3-5,8H,2,6-7H2,1H3,(H,17,18). The Labute approximate surface area is 109 Å². The summed E-state index contributed by atoms with van der Waals surface area (Å²) >= 11 is 0. The average Bonchev–Trinajstić information content (AvgIpc) is 2.86. The fourth-order valence-electron chi connectivity index (χ4n) is 1.54. The highest BCUT2D eigenvalue weighted by Gasteiger charge is 2.07. The Morgan fingerprint density at radius 1 is 1.47 bits per heavy atom. The highest BCUT2D eigenvalue weighted by Crippen LogP contribution is 2.15. The van der Waals surface area contributed by atoms with Gasteiger partial charge in [-0.15, -0.1) is 15.0 Å². The molecule has 1 aromatic heterocycles. The molecule has 1 N–H and O–H groups in total. The monoisotopic (exact) mass is 262 g/mol. The zero-order valence-electron chi connectivity index (χ0n) is 10.5. The van der Waals surface area contributed by atoms with E-state index < -0.39 is 5.97 Å². The van der Waals surface area contributed by atoms with E-state index in [2.05, 4.69) is 15.4 Å². The molecule has 7 heteroatoms. The molecule has 2 aromatic rings. The van der Waals surface area contributed by atoms with Crippen LogP contribution in [0.4, 0.5) is 0 Å². The van der Waals surface area contributed by atoms with Crippen LogP contribution in [-0.2, 0) is 11.2 Å². The Bertz CT molecular complexity index is 568. The van der Waals surface area contributed by atoms with Gasteiger partial charge in [-0.2, -0.15) is 0 Å². The number of nitrogens with zero attached hydrogens (tertiary/aromatic N) is 4. The molecule has 0 amide bonds. The normalized spacial score (nSPS) is 10.4. The van der Waals surface area contributed by atoms with E-state index >= 15 is 0 Å². The summed E-state index contributed by atoms with van der Waals surface area (Å²) < 4.78 is 5.39. The van der Waals surface area contributed by atoms with Gasteiger partial charge in [-0.3, -0.25) is 4.79 Å². The van der Waals surface area contributed by atoms with E-state index in [1.165, 1.54) is 4.80 Å². The molecule has 2 rings (SSSR count). The van der Waals surface area contributed by atoms with Crippen LogP contribution in [0.1, 0.15) is 19.2 Å². The van der Waals surface area contributed by atoms with Crippen molar-refractivity contribution in [3.05, 3.63) is 30.1 Å².